The van der Waals surface area contributed by atoms with Gasteiger partial charge in [0.15, 0.2) is 0 Å². The van der Waals surface area contributed by atoms with Gasteiger partial charge in [0.25, 0.3) is 0 Å². The Morgan fingerprint density at radius 3 is 2.61 bits per heavy atom. The van der Waals surface area contributed by atoms with Crippen LogP contribution in [0, 0.1) is 12.7 Å². The fourth-order valence-corrected chi connectivity index (χ4v) is 2.38. The number of methoxy groups -OCH3 is 1. The molecule has 1 aromatic carbocycles. The summed E-state index contributed by atoms with van der Waals surface area (Å²) in [6, 6.07) is 2.18. The Morgan fingerprint density at radius 1 is 1.50 bits per heavy atom. The van der Waals surface area contributed by atoms with Gasteiger partial charge in [0.05, 0.1) is 11.0 Å². The largest absolute Gasteiger partial charge is 0.398 e. The highest BCUT2D eigenvalue weighted by atomic mass is 32.2. The van der Waals surface area contributed by atoms with Gasteiger partial charge < -0.3 is 10.5 Å². The minimum atomic E-state index is -3.78. The predicted molar refractivity (Wildman–Crippen MR) is 67.2 cm³/mol. The second-order valence-electron chi connectivity index (χ2n) is 4.02. The predicted octanol–water partition coefficient (Wildman–Crippen LogP) is 1.03. The van der Waals surface area contributed by atoms with E-state index in [-0.39, 0.29) is 28.8 Å². The van der Waals surface area contributed by atoms with Crippen molar-refractivity contribution in [2.75, 3.05) is 19.4 Å². The van der Waals surface area contributed by atoms with Crippen molar-refractivity contribution in [2.24, 2.45) is 0 Å². The molecule has 5 nitrogen and oxygen atoms in total. The van der Waals surface area contributed by atoms with Gasteiger partial charge in [0.1, 0.15) is 5.82 Å². The summed E-state index contributed by atoms with van der Waals surface area (Å²) in [6.07, 6.45) is -0.271. The third-order valence-corrected chi connectivity index (χ3v) is 4.03. The molecule has 0 amide bonds. The smallest absolute Gasteiger partial charge is 0.240 e. The number of nitrogens with two attached hydrogens (primary N) is 1. The quantitative estimate of drug-likeness (QED) is 0.787. The first-order chi connectivity index (χ1) is 8.27. The minimum absolute atomic E-state index is 0.105. The van der Waals surface area contributed by atoms with E-state index in [9.17, 15) is 12.8 Å². The van der Waals surface area contributed by atoms with Crippen LogP contribution in [0.25, 0.3) is 0 Å². The number of sulfonamides is 1. The van der Waals surface area contributed by atoms with Crippen LogP contribution in [0.4, 0.5) is 10.1 Å². The summed E-state index contributed by atoms with van der Waals surface area (Å²) in [4.78, 5) is -0.189. The summed E-state index contributed by atoms with van der Waals surface area (Å²) in [5.74, 6) is -0.643. The summed E-state index contributed by atoms with van der Waals surface area (Å²) < 4.78 is 44.4. The molecule has 102 valence electrons. The van der Waals surface area contributed by atoms with Crippen LogP contribution in [0.15, 0.2) is 17.0 Å². The Labute approximate surface area is 106 Å². The summed E-state index contributed by atoms with van der Waals surface area (Å²) >= 11 is 0. The molecule has 0 heterocycles. The molecule has 1 rings (SSSR count). The molecule has 0 bridgehead atoms. The molecular formula is C11H17FN2O3S. The average molecular weight is 276 g/mol. The van der Waals surface area contributed by atoms with E-state index in [0.29, 0.717) is 0 Å². The van der Waals surface area contributed by atoms with E-state index >= 15 is 0 Å². The van der Waals surface area contributed by atoms with Crippen molar-refractivity contribution < 1.29 is 17.5 Å². The first-order valence-corrected chi connectivity index (χ1v) is 6.84. The van der Waals surface area contributed by atoms with Crippen molar-refractivity contribution >= 4 is 15.7 Å². The number of hydrogen-bond donors (Lipinski definition) is 2. The maximum Gasteiger partial charge on any atom is 0.240 e. The highest BCUT2D eigenvalue weighted by Crippen LogP contribution is 2.20. The van der Waals surface area contributed by atoms with Crippen molar-refractivity contribution in [2.45, 2.75) is 24.8 Å². The van der Waals surface area contributed by atoms with Crippen LogP contribution >= 0.6 is 0 Å². The third-order valence-electron chi connectivity index (χ3n) is 2.63. The SMILES string of the molecule is COC(C)CNS(=O)(=O)c1cc(N)c(C)c(F)c1. The van der Waals surface area contributed by atoms with E-state index in [1.807, 2.05) is 0 Å². The number of benzene rings is 1. The van der Waals surface area contributed by atoms with Gasteiger partial charge in [-0.15, -0.1) is 0 Å². The molecule has 0 aliphatic heterocycles. The van der Waals surface area contributed by atoms with Gasteiger partial charge in [-0.05, 0) is 26.0 Å². The molecule has 0 aromatic heterocycles. The number of ether oxygens (including phenoxy) is 1. The minimum Gasteiger partial charge on any atom is -0.398 e. The van der Waals surface area contributed by atoms with E-state index in [1.54, 1.807) is 6.92 Å². The Morgan fingerprint density at radius 2 is 2.11 bits per heavy atom. The molecule has 7 heteroatoms. The molecule has 1 unspecified atom stereocenters. The van der Waals surface area contributed by atoms with Crippen LogP contribution in [-0.4, -0.2) is 28.2 Å². The van der Waals surface area contributed by atoms with Crippen molar-refractivity contribution in [1.29, 1.82) is 0 Å². The molecule has 1 aromatic rings. The zero-order valence-electron chi connectivity index (χ0n) is 10.5. The topological polar surface area (TPSA) is 81.4 Å². The Hall–Kier alpha value is -1.18. The van der Waals surface area contributed by atoms with Crippen molar-refractivity contribution in [1.82, 2.24) is 4.72 Å². The van der Waals surface area contributed by atoms with E-state index in [0.717, 1.165) is 6.07 Å². The zero-order valence-corrected chi connectivity index (χ0v) is 11.3. The fourth-order valence-electron chi connectivity index (χ4n) is 1.22. The van der Waals surface area contributed by atoms with Crippen LogP contribution in [0.2, 0.25) is 0 Å². The van der Waals surface area contributed by atoms with E-state index in [1.165, 1.54) is 20.1 Å². The normalized spacial score (nSPS) is 13.6. The molecule has 18 heavy (non-hydrogen) atoms. The lowest BCUT2D eigenvalue weighted by Crippen LogP contribution is -2.31. The van der Waals surface area contributed by atoms with E-state index in [4.69, 9.17) is 10.5 Å². The highest BCUT2D eigenvalue weighted by molar-refractivity contribution is 7.89. The zero-order chi connectivity index (χ0) is 13.9. The lowest BCUT2D eigenvalue weighted by Gasteiger charge is -2.12. The van der Waals surface area contributed by atoms with E-state index in [2.05, 4.69) is 4.72 Å². The van der Waals surface area contributed by atoms with Crippen LogP contribution in [0.5, 0.6) is 0 Å². The van der Waals surface area contributed by atoms with Crippen LogP contribution in [-0.2, 0) is 14.8 Å². The molecule has 0 aliphatic carbocycles. The molecule has 0 aliphatic rings. The van der Waals surface area contributed by atoms with Gasteiger partial charge >= 0.3 is 0 Å². The number of rotatable bonds is 5. The van der Waals surface area contributed by atoms with Crippen LogP contribution in [0.3, 0.4) is 0 Å². The monoisotopic (exact) mass is 276 g/mol. The van der Waals surface area contributed by atoms with Crippen molar-refractivity contribution in [3.05, 3.63) is 23.5 Å². The molecule has 0 fully saturated rings. The van der Waals surface area contributed by atoms with Crippen molar-refractivity contribution in [3.8, 4) is 0 Å². The maximum absolute atomic E-state index is 13.4. The third kappa shape index (κ3) is 3.41. The first kappa shape index (κ1) is 14.9. The lowest BCUT2D eigenvalue weighted by atomic mass is 10.2. The standard InChI is InChI=1S/C11H17FN2O3S/c1-7(17-3)6-14-18(15,16)9-4-10(12)8(2)11(13)5-9/h4-5,7,14H,6,13H2,1-3H3. The average Bonchev–Trinajstić information content (AvgIpc) is 2.32. The number of nitrogens with one attached hydrogen (secondary N) is 1. The molecule has 0 saturated carbocycles. The number of hydrogen-bond acceptors (Lipinski definition) is 4. The molecule has 1 atom stereocenters. The lowest BCUT2D eigenvalue weighted by molar-refractivity contribution is 0.122. The van der Waals surface area contributed by atoms with Gasteiger partial charge in [-0.2, -0.15) is 0 Å². The van der Waals surface area contributed by atoms with Gasteiger partial charge in [-0.3, -0.25) is 0 Å². The molecular weight excluding hydrogens is 259 g/mol. The molecule has 0 spiro atoms. The van der Waals surface area contributed by atoms with E-state index < -0.39 is 15.8 Å². The highest BCUT2D eigenvalue weighted by Gasteiger charge is 2.18. The fraction of sp³-hybridized carbons (Fsp3) is 0.455. The van der Waals surface area contributed by atoms with Crippen LogP contribution in [0.1, 0.15) is 12.5 Å². The van der Waals surface area contributed by atoms with Gasteiger partial charge in [-0.25, -0.2) is 17.5 Å². The summed E-state index contributed by atoms with van der Waals surface area (Å²) in [6.45, 7) is 3.31. The Kier molecular flexibility index (Phi) is 4.66. The van der Waals surface area contributed by atoms with Crippen LogP contribution < -0.4 is 10.5 Å². The Bertz CT molecular complexity index is 508. The van der Waals surface area contributed by atoms with Crippen molar-refractivity contribution in [3.63, 3.8) is 0 Å². The second-order valence-corrected chi connectivity index (χ2v) is 5.78. The number of halogens is 1. The summed E-state index contributed by atoms with van der Waals surface area (Å²) in [5, 5.41) is 0. The Balaban J connectivity index is 2.99. The van der Waals surface area contributed by atoms with Gasteiger partial charge in [0.2, 0.25) is 10.0 Å². The number of anilines is 1. The maximum atomic E-state index is 13.4. The summed E-state index contributed by atoms with van der Waals surface area (Å²) in [7, 11) is -2.30. The van der Waals surface area contributed by atoms with Gasteiger partial charge in [-0.1, -0.05) is 0 Å². The van der Waals surface area contributed by atoms with Gasteiger partial charge in [0, 0.05) is 24.9 Å². The number of nitrogen functional groups attached to an aromatic ring is 1. The molecule has 0 radical (unpaired) electrons. The molecule has 0 saturated heterocycles. The first-order valence-electron chi connectivity index (χ1n) is 5.36. The second kappa shape index (κ2) is 5.64. The summed E-state index contributed by atoms with van der Waals surface area (Å²) in [5.41, 5.74) is 5.89. The molecule has 3 N–H and O–H groups in total.